The zero-order valence-corrected chi connectivity index (χ0v) is 11.4. The minimum Gasteiger partial charge on any atom is -0.489 e. The summed E-state index contributed by atoms with van der Waals surface area (Å²) in [6.07, 6.45) is -6.79. The molecule has 0 bridgehead atoms. The summed E-state index contributed by atoms with van der Waals surface area (Å²) in [5, 5.41) is 8.85. The lowest BCUT2D eigenvalue weighted by Crippen LogP contribution is -2.52. The number of aldehydes is 1. The largest absolute Gasteiger partial charge is 0.489 e. The molecule has 2 unspecified atom stereocenters. The number of ether oxygens (including phenoxy) is 1. The zero-order chi connectivity index (χ0) is 16.3. The first-order chi connectivity index (χ1) is 10.3. The second-order valence-corrected chi connectivity index (χ2v) is 4.98. The predicted octanol–water partition coefficient (Wildman–Crippen LogP) is 2.81. The molecule has 1 aromatic rings. The zero-order valence-electron chi connectivity index (χ0n) is 11.4. The molecule has 2 atom stereocenters. The molecular weight excluding hydrogens is 303 g/mol. The summed E-state index contributed by atoms with van der Waals surface area (Å²) in [5.74, 6) is -1.86. The van der Waals surface area contributed by atoms with Gasteiger partial charge in [0.1, 0.15) is 17.8 Å². The van der Waals surface area contributed by atoms with Crippen LogP contribution in [0.1, 0.15) is 16.8 Å². The van der Waals surface area contributed by atoms with Gasteiger partial charge in [0.15, 0.2) is 6.29 Å². The molecule has 1 saturated heterocycles. The Hall–Kier alpha value is -2.25. The highest BCUT2D eigenvalue weighted by Gasteiger charge is 2.49. The number of amides is 1. The normalized spacial score (nSPS) is 22.2. The molecule has 0 saturated carbocycles. The van der Waals surface area contributed by atoms with E-state index in [2.05, 4.69) is 0 Å². The van der Waals surface area contributed by atoms with E-state index in [0.29, 0.717) is 6.29 Å². The number of hydrogen-bond donors (Lipinski definition) is 1. The molecule has 1 heterocycles. The summed E-state index contributed by atoms with van der Waals surface area (Å²) in [7, 11) is 0. The third-order valence-electron chi connectivity index (χ3n) is 3.56. The Balaban J connectivity index is 2.21. The third kappa shape index (κ3) is 3.49. The van der Waals surface area contributed by atoms with Gasteiger partial charge in [0.25, 0.3) is 0 Å². The van der Waals surface area contributed by atoms with E-state index in [1.54, 1.807) is 12.1 Å². The Morgan fingerprint density at radius 3 is 2.64 bits per heavy atom. The van der Waals surface area contributed by atoms with Crippen molar-refractivity contribution in [3.05, 3.63) is 29.8 Å². The van der Waals surface area contributed by atoms with Crippen LogP contribution in [0.3, 0.4) is 0 Å². The van der Waals surface area contributed by atoms with Crippen molar-refractivity contribution < 1.29 is 32.6 Å². The van der Waals surface area contributed by atoms with Crippen LogP contribution in [0.4, 0.5) is 18.0 Å². The van der Waals surface area contributed by atoms with Gasteiger partial charge >= 0.3 is 12.3 Å². The van der Waals surface area contributed by atoms with E-state index in [9.17, 15) is 22.8 Å². The first-order valence-corrected chi connectivity index (χ1v) is 6.58. The van der Waals surface area contributed by atoms with Crippen molar-refractivity contribution in [1.29, 1.82) is 0 Å². The summed E-state index contributed by atoms with van der Waals surface area (Å²) in [4.78, 5) is 22.5. The standard InChI is InChI=1S/C14H14F3NO4/c15-14(16,17)10-7-18(13(20)21)6-5-12(10)22-11-4-2-1-3-9(11)8-19/h1-4,8,10,12H,5-7H2,(H,20,21). The van der Waals surface area contributed by atoms with Gasteiger partial charge in [-0.1, -0.05) is 12.1 Å². The number of para-hydroxylation sites is 1. The maximum absolute atomic E-state index is 13.1. The Morgan fingerprint density at radius 1 is 1.36 bits per heavy atom. The molecule has 0 radical (unpaired) electrons. The fourth-order valence-corrected chi connectivity index (χ4v) is 2.41. The fraction of sp³-hybridized carbons (Fsp3) is 0.429. The molecule has 22 heavy (non-hydrogen) atoms. The number of hydrogen-bond acceptors (Lipinski definition) is 3. The summed E-state index contributed by atoms with van der Waals surface area (Å²) in [5.41, 5.74) is 0.157. The topological polar surface area (TPSA) is 66.8 Å². The molecule has 2 rings (SSSR count). The molecule has 1 aliphatic heterocycles. The molecule has 120 valence electrons. The van der Waals surface area contributed by atoms with E-state index in [1.807, 2.05) is 0 Å². The van der Waals surface area contributed by atoms with Gasteiger partial charge in [-0.25, -0.2) is 4.79 Å². The number of carbonyl (C=O) groups excluding carboxylic acids is 1. The number of rotatable bonds is 3. The van der Waals surface area contributed by atoms with Crippen LogP contribution in [0.15, 0.2) is 24.3 Å². The van der Waals surface area contributed by atoms with E-state index in [0.717, 1.165) is 4.90 Å². The average Bonchev–Trinajstić information content (AvgIpc) is 2.47. The first-order valence-electron chi connectivity index (χ1n) is 6.58. The smallest absolute Gasteiger partial charge is 0.407 e. The molecule has 8 heteroatoms. The van der Waals surface area contributed by atoms with Crippen LogP contribution in [-0.4, -0.2) is 47.8 Å². The number of carboxylic acid groups (broad SMARTS) is 1. The van der Waals surface area contributed by atoms with Gasteiger partial charge in [-0.05, 0) is 12.1 Å². The summed E-state index contributed by atoms with van der Waals surface area (Å²) < 4.78 is 44.8. The van der Waals surface area contributed by atoms with Crippen LogP contribution in [0.25, 0.3) is 0 Å². The number of nitrogens with zero attached hydrogens (tertiary/aromatic N) is 1. The van der Waals surface area contributed by atoms with Crippen LogP contribution >= 0.6 is 0 Å². The predicted molar refractivity (Wildman–Crippen MR) is 70.0 cm³/mol. The highest BCUT2D eigenvalue weighted by Crippen LogP contribution is 2.36. The van der Waals surface area contributed by atoms with Gasteiger partial charge in [-0.2, -0.15) is 13.2 Å². The highest BCUT2D eigenvalue weighted by molar-refractivity contribution is 5.79. The van der Waals surface area contributed by atoms with Gasteiger partial charge in [0.05, 0.1) is 5.56 Å². The van der Waals surface area contributed by atoms with Crippen molar-refractivity contribution in [1.82, 2.24) is 4.90 Å². The number of piperidine rings is 1. The molecule has 1 aliphatic rings. The van der Waals surface area contributed by atoms with Crippen molar-refractivity contribution >= 4 is 12.4 Å². The third-order valence-corrected chi connectivity index (χ3v) is 3.56. The molecule has 0 spiro atoms. The lowest BCUT2D eigenvalue weighted by Gasteiger charge is -2.38. The van der Waals surface area contributed by atoms with Crippen molar-refractivity contribution in [2.75, 3.05) is 13.1 Å². The van der Waals surface area contributed by atoms with Crippen LogP contribution in [0.5, 0.6) is 5.75 Å². The Labute approximate surface area is 124 Å². The van der Waals surface area contributed by atoms with Crippen molar-refractivity contribution in [3.8, 4) is 5.75 Å². The number of alkyl halides is 3. The molecule has 0 aliphatic carbocycles. The Bertz CT molecular complexity index is 561. The second kappa shape index (κ2) is 6.25. The molecule has 1 fully saturated rings. The van der Waals surface area contributed by atoms with Crippen molar-refractivity contribution in [2.45, 2.75) is 18.7 Å². The van der Waals surface area contributed by atoms with E-state index in [-0.39, 0.29) is 24.3 Å². The summed E-state index contributed by atoms with van der Waals surface area (Å²) in [6, 6.07) is 5.99. The number of carbonyl (C=O) groups is 2. The highest BCUT2D eigenvalue weighted by atomic mass is 19.4. The Kier molecular flexibility index (Phi) is 4.58. The van der Waals surface area contributed by atoms with E-state index >= 15 is 0 Å². The van der Waals surface area contributed by atoms with Crippen LogP contribution in [0.2, 0.25) is 0 Å². The van der Waals surface area contributed by atoms with Crippen LogP contribution in [0, 0.1) is 5.92 Å². The summed E-state index contributed by atoms with van der Waals surface area (Å²) >= 11 is 0. The number of halogens is 3. The van der Waals surface area contributed by atoms with E-state index < -0.39 is 30.8 Å². The maximum Gasteiger partial charge on any atom is 0.407 e. The molecular formula is C14H14F3NO4. The monoisotopic (exact) mass is 317 g/mol. The SMILES string of the molecule is O=Cc1ccccc1OC1CCN(C(=O)O)CC1C(F)(F)F. The second-order valence-electron chi connectivity index (χ2n) is 4.98. The van der Waals surface area contributed by atoms with Gasteiger partial charge in [0.2, 0.25) is 0 Å². The van der Waals surface area contributed by atoms with E-state index in [4.69, 9.17) is 9.84 Å². The van der Waals surface area contributed by atoms with Crippen molar-refractivity contribution in [2.24, 2.45) is 5.92 Å². The van der Waals surface area contributed by atoms with Gasteiger partial charge in [-0.3, -0.25) is 4.79 Å². The molecule has 1 aromatic carbocycles. The molecule has 1 amide bonds. The minimum atomic E-state index is -4.59. The average molecular weight is 317 g/mol. The number of likely N-dealkylation sites (tertiary alicyclic amines) is 1. The van der Waals surface area contributed by atoms with Gasteiger partial charge in [-0.15, -0.1) is 0 Å². The van der Waals surface area contributed by atoms with Gasteiger partial charge < -0.3 is 14.7 Å². The van der Waals surface area contributed by atoms with E-state index in [1.165, 1.54) is 12.1 Å². The molecule has 0 aromatic heterocycles. The van der Waals surface area contributed by atoms with Gasteiger partial charge in [0, 0.05) is 19.5 Å². The molecule has 1 N–H and O–H groups in total. The Morgan fingerprint density at radius 2 is 2.05 bits per heavy atom. The van der Waals surface area contributed by atoms with Crippen LogP contribution in [-0.2, 0) is 0 Å². The first kappa shape index (κ1) is 16.1. The molecule has 5 nitrogen and oxygen atoms in total. The lowest BCUT2D eigenvalue weighted by molar-refractivity contribution is -0.207. The lowest BCUT2D eigenvalue weighted by atomic mass is 9.94. The summed E-state index contributed by atoms with van der Waals surface area (Å²) in [6.45, 7) is -0.720. The van der Waals surface area contributed by atoms with Crippen molar-refractivity contribution in [3.63, 3.8) is 0 Å². The fourth-order valence-electron chi connectivity index (χ4n) is 2.41. The number of benzene rings is 1. The maximum atomic E-state index is 13.1. The van der Waals surface area contributed by atoms with Crippen LogP contribution < -0.4 is 4.74 Å². The quantitative estimate of drug-likeness (QED) is 0.871. The minimum absolute atomic E-state index is 0.0458.